The Labute approximate surface area is 112 Å². The maximum absolute atomic E-state index is 5.58. The van der Waals surface area contributed by atoms with Crippen LogP contribution in [0.15, 0.2) is 72.8 Å². The molecular formula is C16H12BO2. The molecule has 0 saturated heterocycles. The summed E-state index contributed by atoms with van der Waals surface area (Å²) in [6.07, 6.45) is 0. The molecule has 3 aromatic rings. The SMILES string of the molecule is [B](Oc1ccccc1)Oc1cccc2ccccc12. The first-order valence-electron chi connectivity index (χ1n) is 6.11. The second kappa shape index (κ2) is 5.48. The second-order valence-electron chi connectivity index (χ2n) is 4.12. The lowest BCUT2D eigenvalue weighted by Crippen LogP contribution is -2.10. The highest BCUT2D eigenvalue weighted by Crippen LogP contribution is 2.24. The minimum Gasteiger partial charge on any atom is -0.526 e. The molecule has 19 heavy (non-hydrogen) atoms. The molecule has 91 valence electrons. The average Bonchev–Trinajstić information content (AvgIpc) is 2.49. The van der Waals surface area contributed by atoms with Crippen LogP contribution < -0.4 is 9.31 Å². The summed E-state index contributed by atoms with van der Waals surface area (Å²) < 4.78 is 11.0. The molecule has 0 fully saturated rings. The number of rotatable bonds is 4. The Bertz CT molecular complexity index is 662. The van der Waals surface area contributed by atoms with Crippen LogP contribution in [0, 0.1) is 0 Å². The van der Waals surface area contributed by atoms with Gasteiger partial charge < -0.3 is 9.31 Å². The molecule has 0 aliphatic heterocycles. The van der Waals surface area contributed by atoms with Crippen molar-refractivity contribution in [3.05, 3.63) is 72.8 Å². The number of hydrogen-bond donors (Lipinski definition) is 0. The van der Waals surface area contributed by atoms with Crippen molar-refractivity contribution in [2.75, 3.05) is 0 Å². The van der Waals surface area contributed by atoms with Crippen LogP contribution in [-0.2, 0) is 0 Å². The lowest BCUT2D eigenvalue weighted by atomic mass is 10.1. The summed E-state index contributed by atoms with van der Waals surface area (Å²) in [7, 11) is 1.36. The fraction of sp³-hybridized carbons (Fsp3) is 0. The molecule has 0 atom stereocenters. The average molecular weight is 247 g/mol. The van der Waals surface area contributed by atoms with Crippen molar-refractivity contribution < 1.29 is 9.31 Å². The van der Waals surface area contributed by atoms with Crippen LogP contribution in [0.3, 0.4) is 0 Å². The Morgan fingerprint density at radius 2 is 1.37 bits per heavy atom. The van der Waals surface area contributed by atoms with E-state index in [2.05, 4.69) is 12.1 Å². The molecule has 0 unspecified atom stereocenters. The molecule has 0 heterocycles. The van der Waals surface area contributed by atoms with E-state index >= 15 is 0 Å². The molecule has 0 aliphatic carbocycles. The molecule has 3 rings (SSSR count). The first-order valence-corrected chi connectivity index (χ1v) is 6.11. The third-order valence-corrected chi connectivity index (χ3v) is 2.85. The lowest BCUT2D eigenvalue weighted by Gasteiger charge is -2.08. The monoisotopic (exact) mass is 247 g/mol. The molecule has 0 bridgehead atoms. The summed E-state index contributed by atoms with van der Waals surface area (Å²) >= 11 is 0. The standard InChI is InChI=1S/C16H12BO2/c1-2-9-14(10-3-1)18-17-19-16-12-6-8-13-7-4-5-11-15(13)16/h1-12H. The van der Waals surface area contributed by atoms with Gasteiger partial charge in [0.15, 0.2) is 0 Å². The summed E-state index contributed by atoms with van der Waals surface area (Å²) in [6.45, 7) is 0. The first-order chi connectivity index (χ1) is 9.43. The zero-order valence-electron chi connectivity index (χ0n) is 10.3. The first kappa shape index (κ1) is 11.7. The van der Waals surface area contributed by atoms with Crippen LogP contribution in [0.2, 0.25) is 0 Å². The van der Waals surface area contributed by atoms with Crippen molar-refractivity contribution in [3.63, 3.8) is 0 Å². The zero-order valence-corrected chi connectivity index (χ0v) is 10.3. The minimum absolute atomic E-state index is 0.753. The van der Waals surface area contributed by atoms with Gasteiger partial charge in [-0.05, 0) is 23.6 Å². The molecule has 0 saturated carbocycles. The number of hydrogen-bond acceptors (Lipinski definition) is 2. The maximum atomic E-state index is 5.58. The van der Waals surface area contributed by atoms with Crippen molar-refractivity contribution >= 4 is 18.5 Å². The summed E-state index contributed by atoms with van der Waals surface area (Å²) in [5, 5.41) is 2.21. The highest BCUT2D eigenvalue weighted by atomic mass is 16.6. The normalized spacial score (nSPS) is 10.1. The van der Waals surface area contributed by atoms with Gasteiger partial charge in [0.25, 0.3) is 0 Å². The number of benzene rings is 3. The van der Waals surface area contributed by atoms with E-state index in [0.717, 1.165) is 22.3 Å². The van der Waals surface area contributed by atoms with Crippen LogP contribution in [0.4, 0.5) is 0 Å². The maximum Gasteiger partial charge on any atom is 0.658 e. The van der Waals surface area contributed by atoms with Crippen molar-refractivity contribution in [2.45, 2.75) is 0 Å². The smallest absolute Gasteiger partial charge is 0.526 e. The van der Waals surface area contributed by atoms with Gasteiger partial charge in [-0.15, -0.1) is 0 Å². The molecular weight excluding hydrogens is 235 g/mol. The van der Waals surface area contributed by atoms with E-state index in [0.29, 0.717) is 0 Å². The Kier molecular flexibility index (Phi) is 3.37. The van der Waals surface area contributed by atoms with Crippen molar-refractivity contribution in [2.24, 2.45) is 0 Å². The molecule has 1 radical (unpaired) electrons. The van der Waals surface area contributed by atoms with Crippen LogP contribution in [0.5, 0.6) is 11.5 Å². The third kappa shape index (κ3) is 2.71. The molecule has 3 aromatic carbocycles. The van der Waals surface area contributed by atoms with Crippen LogP contribution in [0.1, 0.15) is 0 Å². The van der Waals surface area contributed by atoms with Gasteiger partial charge >= 0.3 is 7.69 Å². The van der Waals surface area contributed by atoms with E-state index < -0.39 is 0 Å². The van der Waals surface area contributed by atoms with Crippen molar-refractivity contribution in [1.29, 1.82) is 0 Å². The third-order valence-electron chi connectivity index (χ3n) is 2.85. The summed E-state index contributed by atoms with van der Waals surface area (Å²) in [5.41, 5.74) is 0. The minimum atomic E-state index is 0.753. The van der Waals surface area contributed by atoms with E-state index in [9.17, 15) is 0 Å². The number of fused-ring (bicyclic) bond motifs is 1. The van der Waals surface area contributed by atoms with Crippen molar-refractivity contribution in [1.82, 2.24) is 0 Å². The predicted octanol–water partition coefficient (Wildman–Crippen LogP) is 3.83. The van der Waals surface area contributed by atoms with Crippen molar-refractivity contribution in [3.8, 4) is 11.5 Å². The van der Waals surface area contributed by atoms with E-state index in [1.807, 2.05) is 60.7 Å². The van der Waals surface area contributed by atoms with Crippen LogP contribution >= 0.6 is 0 Å². The van der Waals surface area contributed by atoms with Gasteiger partial charge in [-0.2, -0.15) is 0 Å². The van der Waals surface area contributed by atoms with E-state index in [1.54, 1.807) is 0 Å². The highest BCUT2D eigenvalue weighted by molar-refractivity contribution is 6.21. The largest absolute Gasteiger partial charge is 0.658 e. The van der Waals surface area contributed by atoms with Gasteiger partial charge in [-0.3, -0.25) is 0 Å². The Balaban J connectivity index is 1.72. The van der Waals surface area contributed by atoms with Gasteiger partial charge in [0.2, 0.25) is 0 Å². The van der Waals surface area contributed by atoms with E-state index in [-0.39, 0.29) is 0 Å². The van der Waals surface area contributed by atoms with Gasteiger partial charge in [0.05, 0.1) is 0 Å². The molecule has 3 heteroatoms. The molecule has 0 aromatic heterocycles. The Hall–Kier alpha value is -2.42. The van der Waals surface area contributed by atoms with Crippen LogP contribution in [-0.4, -0.2) is 7.69 Å². The van der Waals surface area contributed by atoms with Crippen LogP contribution in [0.25, 0.3) is 10.8 Å². The van der Waals surface area contributed by atoms with Gasteiger partial charge in [0, 0.05) is 5.39 Å². The highest BCUT2D eigenvalue weighted by Gasteiger charge is 2.04. The summed E-state index contributed by atoms with van der Waals surface area (Å²) in [4.78, 5) is 0. The topological polar surface area (TPSA) is 18.5 Å². The second-order valence-corrected chi connectivity index (χ2v) is 4.12. The molecule has 0 amide bonds. The fourth-order valence-electron chi connectivity index (χ4n) is 1.93. The van der Waals surface area contributed by atoms with E-state index in [1.165, 1.54) is 7.69 Å². The molecule has 0 spiro atoms. The van der Waals surface area contributed by atoms with Gasteiger partial charge in [0.1, 0.15) is 11.5 Å². The fourth-order valence-corrected chi connectivity index (χ4v) is 1.93. The molecule has 0 aliphatic rings. The summed E-state index contributed by atoms with van der Waals surface area (Å²) in [5.74, 6) is 1.54. The van der Waals surface area contributed by atoms with Gasteiger partial charge in [-0.1, -0.05) is 54.6 Å². The number of para-hydroxylation sites is 1. The Morgan fingerprint density at radius 1 is 0.632 bits per heavy atom. The Morgan fingerprint density at radius 3 is 2.26 bits per heavy atom. The summed E-state index contributed by atoms with van der Waals surface area (Å²) in [6, 6.07) is 23.6. The predicted molar refractivity (Wildman–Crippen MR) is 77.4 cm³/mol. The van der Waals surface area contributed by atoms with Gasteiger partial charge in [-0.25, -0.2) is 0 Å². The molecule has 0 N–H and O–H groups in total. The molecule has 2 nitrogen and oxygen atoms in total. The zero-order chi connectivity index (χ0) is 12.9. The lowest BCUT2D eigenvalue weighted by molar-refractivity contribution is 0.462. The quantitative estimate of drug-likeness (QED) is 0.652. The van der Waals surface area contributed by atoms with E-state index in [4.69, 9.17) is 9.31 Å².